The quantitative estimate of drug-likeness (QED) is 0.363. The highest BCUT2D eigenvalue weighted by Gasteiger charge is 2.02. The van der Waals surface area contributed by atoms with E-state index < -0.39 is 0 Å². The summed E-state index contributed by atoms with van der Waals surface area (Å²) in [7, 11) is 3.31. The molecule has 0 fully saturated rings. The van der Waals surface area contributed by atoms with Crippen molar-refractivity contribution in [1.29, 1.82) is 0 Å². The van der Waals surface area contributed by atoms with Gasteiger partial charge in [0, 0.05) is 23.3 Å². The monoisotopic (exact) mass is 206 g/mol. The highest BCUT2D eigenvalue weighted by atomic mass is 33.1. The maximum atomic E-state index is 10.2. The van der Waals surface area contributed by atoms with E-state index in [1.54, 1.807) is 21.6 Å². The molecule has 0 aromatic carbocycles. The minimum atomic E-state index is 0.119. The number of aldehydes is 2. The third kappa shape index (κ3) is 6.73. The van der Waals surface area contributed by atoms with E-state index in [9.17, 15) is 9.59 Å². The second-order valence-electron chi connectivity index (χ2n) is 2.80. The molecule has 0 N–H and O–H groups in total. The van der Waals surface area contributed by atoms with E-state index in [0.29, 0.717) is 0 Å². The lowest BCUT2D eigenvalue weighted by atomic mass is 10.3. The Morgan fingerprint density at radius 2 is 1.33 bits per heavy atom. The Morgan fingerprint density at radius 1 is 1.00 bits per heavy atom. The Labute approximate surface area is 81.3 Å². The van der Waals surface area contributed by atoms with E-state index in [2.05, 4.69) is 0 Å². The molecular weight excluding hydrogens is 192 g/mol. The van der Waals surface area contributed by atoms with Gasteiger partial charge in [0.25, 0.3) is 0 Å². The van der Waals surface area contributed by atoms with Crippen LogP contribution in [0.25, 0.3) is 0 Å². The van der Waals surface area contributed by atoms with Crippen LogP contribution in [-0.4, -0.2) is 24.1 Å². The summed E-state index contributed by atoms with van der Waals surface area (Å²) < 4.78 is 0. The first-order valence-corrected chi connectivity index (χ1v) is 6.34. The van der Waals surface area contributed by atoms with Crippen molar-refractivity contribution in [2.75, 3.05) is 11.5 Å². The number of hydrogen-bond acceptors (Lipinski definition) is 4. The molecule has 0 rings (SSSR count). The highest BCUT2D eigenvalue weighted by Crippen LogP contribution is 2.24. The molecule has 4 heteroatoms. The van der Waals surface area contributed by atoms with Gasteiger partial charge in [0.15, 0.2) is 0 Å². The van der Waals surface area contributed by atoms with Crippen LogP contribution >= 0.6 is 21.6 Å². The fourth-order valence-corrected chi connectivity index (χ4v) is 3.03. The molecule has 2 nitrogen and oxygen atoms in total. The maximum absolute atomic E-state index is 10.2. The van der Waals surface area contributed by atoms with Crippen molar-refractivity contribution >= 4 is 34.2 Å². The van der Waals surface area contributed by atoms with Crippen LogP contribution in [0.1, 0.15) is 13.8 Å². The fourth-order valence-electron chi connectivity index (χ4n) is 0.389. The molecule has 0 aliphatic carbocycles. The first kappa shape index (κ1) is 12.0. The number of carbonyl (C=O) groups is 2. The lowest BCUT2D eigenvalue weighted by Gasteiger charge is -2.03. The smallest absolute Gasteiger partial charge is 0.123 e. The van der Waals surface area contributed by atoms with Crippen LogP contribution in [0.5, 0.6) is 0 Å². The largest absolute Gasteiger partial charge is 0.303 e. The normalized spacial score (nSPS) is 15.2. The van der Waals surface area contributed by atoms with E-state index in [1.165, 1.54) is 0 Å². The summed E-state index contributed by atoms with van der Waals surface area (Å²) in [6.45, 7) is 3.79. The van der Waals surface area contributed by atoms with Gasteiger partial charge in [-0.15, -0.1) is 0 Å². The molecule has 2 unspecified atom stereocenters. The summed E-state index contributed by atoms with van der Waals surface area (Å²) in [5, 5.41) is 0. The predicted octanol–water partition coefficient (Wildman–Crippen LogP) is 2.04. The Morgan fingerprint density at radius 3 is 1.58 bits per heavy atom. The van der Waals surface area contributed by atoms with Crippen molar-refractivity contribution in [2.45, 2.75) is 13.8 Å². The lowest BCUT2D eigenvalue weighted by Crippen LogP contribution is -2.00. The van der Waals surface area contributed by atoms with Crippen molar-refractivity contribution in [3.05, 3.63) is 0 Å². The van der Waals surface area contributed by atoms with Crippen molar-refractivity contribution in [3.63, 3.8) is 0 Å². The van der Waals surface area contributed by atoms with Crippen LogP contribution < -0.4 is 0 Å². The van der Waals surface area contributed by atoms with Gasteiger partial charge in [-0.3, -0.25) is 0 Å². The number of rotatable bonds is 7. The summed E-state index contributed by atoms with van der Waals surface area (Å²) in [4.78, 5) is 20.4. The van der Waals surface area contributed by atoms with Crippen LogP contribution in [0.2, 0.25) is 0 Å². The number of carbonyl (C=O) groups excluding carboxylic acids is 2. The minimum Gasteiger partial charge on any atom is -0.303 e. The molecule has 0 aromatic heterocycles. The van der Waals surface area contributed by atoms with Gasteiger partial charge < -0.3 is 9.59 Å². The maximum Gasteiger partial charge on any atom is 0.123 e. The molecule has 70 valence electrons. The molecule has 0 aliphatic rings. The van der Waals surface area contributed by atoms with Crippen LogP contribution in [0, 0.1) is 11.8 Å². The predicted molar refractivity (Wildman–Crippen MR) is 55.4 cm³/mol. The Kier molecular flexibility index (Phi) is 7.70. The van der Waals surface area contributed by atoms with E-state index in [0.717, 1.165) is 24.1 Å². The fraction of sp³-hybridized carbons (Fsp3) is 0.750. The van der Waals surface area contributed by atoms with Gasteiger partial charge in [-0.25, -0.2) is 0 Å². The molecule has 0 bridgehead atoms. The Balaban J connectivity index is 3.20. The molecule has 0 aliphatic heterocycles. The summed E-state index contributed by atoms with van der Waals surface area (Å²) in [5.74, 6) is 1.91. The van der Waals surface area contributed by atoms with Gasteiger partial charge in [0.1, 0.15) is 12.6 Å². The van der Waals surface area contributed by atoms with Gasteiger partial charge in [0.05, 0.1) is 0 Å². The van der Waals surface area contributed by atoms with Gasteiger partial charge in [-0.1, -0.05) is 35.4 Å². The first-order chi connectivity index (χ1) is 5.70. The zero-order valence-electron chi connectivity index (χ0n) is 7.36. The van der Waals surface area contributed by atoms with E-state index >= 15 is 0 Å². The summed E-state index contributed by atoms with van der Waals surface area (Å²) in [5.41, 5.74) is 0. The van der Waals surface area contributed by atoms with Gasteiger partial charge in [-0.05, 0) is 0 Å². The van der Waals surface area contributed by atoms with E-state index in [-0.39, 0.29) is 11.8 Å². The van der Waals surface area contributed by atoms with Crippen molar-refractivity contribution in [1.82, 2.24) is 0 Å². The van der Waals surface area contributed by atoms with E-state index in [1.807, 2.05) is 13.8 Å². The minimum absolute atomic E-state index is 0.119. The number of hydrogen-bond donors (Lipinski definition) is 0. The molecule has 0 saturated heterocycles. The zero-order chi connectivity index (χ0) is 9.40. The summed E-state index contributed by atoms with van der Waals surface area (Å²) in [6, 6.07) is 0. The van der Waals surface area contributed by atoms with Crippen molar-refractivity contribution < 1.29 is 9.59 Å². The van der Waals surface area contributed by atoms with Crippen LogP contribution in [0.15, 0.2) is 0 Å². The second kappa shape index (κ2) is 7.68. The molecular formula is C8H14O2S2. The molecule has 2 atom stereocenters. The van der Waals surface area contributed by atoms with Gasteiger partial charge in [0.2, 0.25) is 0 Å². The summed E-state index contributed by atoms with van der Waals surface area (Å²) >= 11 is 0. The standard InChI is InChI=1S/C8H14O2S2/c1-7(3-9)5-11-12-6-8(2)4-10/h3-4,7-8H,5-6H2,1-2H3. The average Bonchev–Trinajstić information content (AvgIpc) is 2.11. The molecule has 0 radical (unpaired) electrons. The average molecular weight is 206 g/mol. The Hall–Kier alpha value is 0.0400. The topological polar surface area (TPSA) is 34.1 Å². The third-order valence-corrected chi connectivity index (χ3v) is 4.02. The van der Waals surface area contributed by atoms with Crippen LogP contribution in [-0.2, 0) is 9.59 Å². The first-order valence-electron chi connectivity index (χ1n) is 3.85. The molecule has 0 saturated carbocycles. The molecule has 0 heterocycles. The van der Waals surface area contributed by atoms with Crippen LogP contribution in [0.3, 0.4) is 0 Å². The van der Waals surface area contributed by atoms with Crippen molar-refractivity contribution in [3.8, 4) is 0 Å². The SMILES string of the molecule is CC(C=O)CSSCC(C)C=O. The third-order valence-electron chi connectivity index (χ3n) is 1.21. The highest BCUT2D eigenvalue weighted by molar-refractivity contribution is 8.76. The van der Waals surface area contributed by atoms with Gasteiger partial charge in [-0.2, -0.15) is 0 Å². The lowest BCUT2D eigenvalue weighted by molar-refractivity contribution is -0.110. The van der Waals surface area contributed by atoms with Gasteiger partial charge >= 0.3 is 0 Å². The Bertz CT molecular complexity index is 123. The molecule has 0 amide bonds. The van der Waals surface area contributed by atoms with Crippen LogP contribution in [0.4, 0.5) is 0 Å². The zero-order valence-corrected chi connectivity index (χ0v) is 8.99. The van der Waals surface area contributed by atoms with E-state index in [4.69, 9.17) is 0 Å². The summed E-state index contributed by atoms with van der Waals surface area (Å²) in [6.07, 6.45) is 1.91. The molecule has 0 spiro atoms. The molecule has 0 aromatic rings. The second-order valence-corrected chi connectivity index (χ2v) is 5.35. The molecule has 12 heavy (non-hydrogen) atoms. The van der Waals surface area contributed by atoms with Crippen molar-refractivity contribution in [2.24, 2.45) is 11.8 Å².